The summed E-state index contributed by atoms with van der Waals surface area (Å²) in [6.07, 6.45) is 7.91. The van der Waals surface area contributed by atoms with Gasteiger partial charge in [0.05, 0.1) is 14.2 Å². The van der Waals surface area contributed by atoms with E-state index in [4.69, 9.17) is 18.9 Å². The lowest BCUT2D eigenvalue weighted by atomic mass is 9.69. The minimum absolute atomic E-state index is 0.0383. The van der Waals surface area contributed by atoms with E-state index in [2.05, 4.69) is 0 Å². The lowest BCUT2D eigenvalue weighted by Gasteiger charge is -2.39. The quantitative estimate of drug-likeness (QED) is 0.478. The summed E-state index contributed by atoms with van der Waals surface area (Å²) in [6.45, 7) is 0.225. The Morgan fingerprint density at radius 1 is 0.912 bits per heavy atom. The number of carbonyl (C=O) groups excluding carboxylic acids is 2. The Balaban J connectivity index is 1.48. The van der Waals surface area contributed by atoms with Gasteiger partial charge in [0.1, 0.15) is 18.1 Å². The molecule has 0 N–H and O–H groups in total. The van der Waals surface area contributed by atoms with E-state index in [1.165, 1.54) is 0 Å². The van der Waals surface area contributed by atoms with Crippen molar-refractivity contribution < 1.29 is 28.5 Å². The van der Waals surface area contributed by atoms with Crippen molar-refractivity contribution in [1.29, 1.82) is 0 Å². The van der Waals surface area contributed by atoms with Crippen LogP contribution in [0.1, 0.15) is 67.3 Å². The summed E-state index contributed by atoms with van der Waals surface area (Å²) < 4.78 is 23.6. The van der Waals surface area contributed by atoms with E-state index < -0.39 is 5.41 Å². The number of hydrogen-bond donors (Lipinski definition) is 0. The molecule has 0 unspecified atom stereocenters. The molecule has 5 rings (SSSR count). The molecule has 0 atom stereocenters. The lowest BCUT2D eigenvalue weighted by Crippen LogP contribution is -2.45. The van der Waals surface area contributed by atoms with Crippen LogP contribution >= 0.6 is 0 Å². The van der Waals surface area contributed by atoms with E-state index in [1.54, 1.807) is 14.2 Å². The van der Waals surface area contributed by atoms with Gasteiger partial charge in [0, 0.05) is 17.5 Å². The first-order valence-electron chi connectivity index (χ1n) is 12.3. The van der Waals surface area contributed by atoms with Gasteiger partial charge in [0.25, 0.3) is 0 Å². The maximum absolute atomic E-state index is 13.2. The highest BCUT2D eigenvalue weighted by Crippen LogP contribution is 2.49. The third-order valence-corrected chi connectivity index (χ3v) is 7.68. The fourth-order valence-electron chi connectivity index (χ4n) is 5.50. The molecule has 0 bridgehead atoms. The molecule has 6 nitrogen and oxygen atoms in total. The zero-order chi connectivity index (χ0) is 23.7. The van der Waals surface area contributed by atoms with Crippen molar-refractivity contribution in [2.45, 2.75) is 63.9 Å². The van der Waals surface area contributed by atoms with Crippen LogP contribution < -0.4 is 14.2 Å². The van der Waals surface area contributed by atoms with Crippen LogP contribution in [-0.4, -0.2) is 38.7 Å². The summed E-state index contributed by atoms with van der Waals surface area (Å²) >= 11 is 0. The van der Waals surface area contributed by atoms with Crippen LogP contribution in [0.2, 0.25) is 0 Å². The van der Waals surface area contributed by atoms with Crippen molar-refractivity contribution in [3.8, 4) is 28.4 Å². The Kier molecular flexibility index (Phi) is 6.24. The van der Waals surface area contributed by atoms with Crippen LogP contribution in [0.15, 0.2) is 30.3 Å². The van der Waals surface area contributed by atoms with Gasteiger partial charge in [-0.05, 0) is 68.2 Å². The Morgan fingerprint density at radius 2 is 1.68 bits per heavy atom. The molecule has 0 amide bonds. The van der Waals surface area contributed by atoms with Gasteiger partial charge in [0.15, 0.2) is 17.3 Å². The molecule has 3 aliphatic rings. The Bertz CT molecular complexity index is 1090. The van der Waals surface area contributed by atoms with E-state index in [0.717, 1.165) is 67.2 Å². The van der Waals surface area contributed by atoms with Crippen molar-refractivity contribution in [3.05, 3.63) is 41.5 Å². The van der Waals surface area contributed by atoms with E-state index in [1.807, 2.05) is 30.3 Å². The number of Topliss-reactive ketones (excluding diaryl/α,β-unsaturated/α-hetero) is 1. The van der Waals surface area contributed by atoms with Gasteiger partial charge in [-0.25, -0.2) is 0 Å². The molecule has 0 aromatic heterocycles. The molecular formula is C28H32O6. The lowest BCUT2D eigenvalue weighted by molar-refractivity contribution is -0.169. The fourth-order valence-corrected chi connectivity index (χ4v) is 5.50. The molecule has 6 heteroatoms. The van der Waals surface area contributed by atoms with Crippen molar-refractivity contribution in [1.82, 2.24) is 0 Å². The Labute approximate surface area is 200 Å². The highest BCUT2D eigenvalue weighted by Gasteiger charge is 2.48. The standard InChI is InChI=1S/C28H32O6/c1-31-24-14-12-22(19-9-5-10-21-20(19)11-13-23(21)29)25(26(24)32-2)33-17-28(15-6-16-28)27(30)34-18-7-3-4-8-18/h5,9-10,12,14,18H,3-4,6-8,11,13,15-17H2,1-2H3. The van der Waals surface area contributed by atoms with E-state index in [9.17, 15) is 9.59 Å². The number of hydrogen-bond acceptors (Lipinski definition) is 6. The number of carbonyl (C=O) groups is 2. The zero-order valence-corrected chi connectivity index (χ0v) is 20.0. The molecule has 0 saturated heterocycles. The monoisotopic (exact) mass is 464 g/mol. The van der Waals surface area contributed by atoms with E-state index >= 15 is 0 Å². The van der Waals surface area contributed by atoms with Gasteiger partial charge in [0.2, 0.25) is 5.75 Å². The van der Waals surface area contributed by atoms with Crippen LogP contribution in [0.4, 0.5) is 0 Å². The maximum Gasteiger partial charge on any atom is 0.315 e. The molecule has 180 valence electrons. The fraction of sp³-hybridized carbons (Fsp3) is 0.500. The molecule has 0 heterocycles. The normalized spacial score (nSPS) is 18.8. The van der Waals surface area contributed by atoms with E-state index in [0.29, 0.717) is 30.1 Å². The van der Waals surface area contributed by atoms with Crippen LogP contribution in [0, 0.1) is 5.41 Å². The van der Waals surface area contributed by atoms with Gasteiger partial charge in [-0.2, -0.15) is 0 Å². The third-order valence-electron chi connectivity index (χ3n) is 7.68. The molecular weight excluding hydrogens is 432 g/mol. The van der Waals surface area contributed by atoms with Crippen LogP contribution in [0.25, 0.3) is 11.1 Å². The topological polar surface area (TPSA) is 71.1 Å². The number of methoxy groups -OCH3 is 2. The van der Waals surface area contributed by atoms with Crippen molar-refractivity contribution >= 4 is 11.8 Å². The minimum Gasteiger partial charge on any atom is -0.493 e. The molecule has 0 radical (unpaired) electrons. The minimum atomic E-state index is -0.622. The van der Waals surface area contributed by atoms with Crippen LogP contribution in [0.3, 0.4) is 0 Å². The highest BCUT2D eigenvalue weighted by molar-refractivity contribution is 6.02. The largest absolute Gasteiger partial charge is 0.493 e. The number of fused-ring (bicyclic) bond motifs is 1. The third kappa shape index (κ3) is 3.93. The number of benzene rings is 2. The first-order chi connectivity index (χ1) is 16.6. The van der Waals surface area contributed by atoms with Gasteiger partial charge < -0.3 is 18.9 Å². The average Bonchev–Trinajstić information content (AvgIpc) is 3.47. The summed E-state index contributed by atoms with van der Waals surface area (Å²) in [5.41, 5.74) is 2.97. The molecule has 2 aromatic rings. The second-order valence-corrected chi connectivity index (χ2v) is 9.67. The average molecular weight is 465 g/mol. The van der Waals surface area contributed by atoms with Crippen LogP contribution in [0.5, 0.6) is 17.2 Å². The SMILES string of the molecule is COc1ccc(-c2cccc3c2CCC3=O)c(OCC2(C(=O)OC3CCCC3)CCC2)c1OC. The molecule has 2 fully saturated rings. The molecule has 0 aliphatic heterocycles. The number of esters is 1. The summed E-state index contributed by atoms with van der Waals surface area (Å²) in [5.74, 6) is 1.61. The van der Waals surface area contributed by atoms with Crippen molar-refractivity contribution in [2.24, 2.45) is 5.41 Å². The summed E-state index contributed by atoms with van der Waals surface area (Å²) in [7, 11) is 3.17. The van der Waals surface area contributed by atoms with Gasteiger partial charge in [-0.15, -0.1) is 0 Å². The highest BCUT2D eigenvalue weighted by atomic mass is 16.6. The zero-order valence-electron chi connectivity index (χ0n) is 20.0. The summed E-state index contributed by atoms with van der Waals surface area (Å²) in [4.78, 5) is 25.5. The van der Waals surface area contributed by atoms with Crippen molar-refractivity contribution in [2.75, 3.05) is 20.8 Å². The molecule has 3 aliphatic carbocycles. The molecule has 2 saturated carbocycles. The van der Waals surface area contributed by atoms with Gasteiger partial charge in [-0.3, -0.25) is 9.59 Å². The molecule has 34 heavy (non-hydrogen) atoms. The first kappa shape index (κ1) is 22.8. The smallest absolute Gasteiger partial charge is 0.315 e. The predicted octanol–water partition coefficient (Wildman–Crippen LogP) is 5.53. The first-order valence-corrected chi connectivity index (χ1v) is 12.3. The van der Waals surface area contributed by atoms with Gasteiger partial charge in [-0.1, -0.05) is 24.6 Å². The second kappa shape index (κ2) is 9.32. The molecule has 2 aromatic carbocycles. The maximum atomic E-state index is 13.2. The molecule has 0 spiro atoms. The second-order valence-electron chi connectivity index (χ2n) is 9.67. The Morgan fingerprint density at radius 3 is 2.35 bits per heavy atom. The Hall–Kier alpha value is -3.02. The number of ether oxygens (including phenoxy) is 4. The predicted molar refractivity (Wildman–Crippen MR) is 128 cm³/mol. The summed E-state index contributed by atoms with van der Waals surface area (Å²) in [6, 6.07) is 9.60. The number of ketones is 1. The van der Waals surface area contributed by atoms with E-state index in [-0.39, 0.29) is 24.5 Å². The summed E-state index contributed by atoms with van der Waals surface area (Å²) in [5, 5.41) is 0. The van der Waals surface area contributed by atoms with Gasteiger partial charge >= 0.3 is 5.97 Å². The van der Waals surface area contributed by atoms with Crippen LogP contribution in [-0.2, 0) is 16.0 Å². The number of rotatable bonds is 8. The van der Waals surface area contributed by atoms with Crippen molar-refractivity contribution in [3.63, 3.8) is 0 Å².